The summed E-state index contributed by atoms with van der Waals surface area (Å²) in [6, 6.07) is -9.59. The number of ether oxygens (including phenoxy) is 1. The molecule has 0 spiro atoms. The fourth-order valence-corrected chi connectivity index (χ4v) is 9.48. The van der Waals surface area contributed by atoms with Crippen LogP contribution >= 0.6 is 0 Å². The minimum Gasteiger partial charge on any atom is -0.508 e. The van der Waals surface area contributed by atoms with Crippen molar-refractivity contribution in [3.63, 3.8) is 0 Å². The first-order chi connectivity index (χ1) is 39.7. The Balaban J connectivity index is 2.15. The number of hydrogen-bond donors (Lipinski definition) is 20. The van der Waals surface area contributed by atoms with Gasteiger partial charge in [-0.1, -0.05) is 76.8 Å². The maximum Gasteiger partial charge on any atom is 0.246 e. The van der Waals surface area contributed by atoms with E-state index in [1.165, 1.54) is 0 Å². The molecule has 15 atom stereocenters. The van der Waals surface area contributed by atoms with Crippen molar-refractivity contribution in [1.29, 1.82) is 0 Å². The van der Waals surface area contributed by atoms with Crippen LogP contribution in [0.3, 0.4) is 0 Å². The molecule has 0 bridgehead atoms. The Morgan fingerprint density at radius 1 is 0.583 bits per heavy atom. The molecule has 23 N–H and O–H groups in total. The fraction of sp³-hybridized carbons (Fsp3) is 0.673. The van der Waals surface area contributed by atoms with Crippen LogP contribution in [0.15, 0.2) is 24.3 Å². The molecule has 2 aliphatic rings. The van der Waals surface area contributed by atoms with Gasteiger partial charge in [-0.05, 0) is 30.5 Å². The van der Waals surface area contributed by atoms with Crippen molar-refractivity contribution in [3.8, 4) is 5.75 Å². The molecule has 84 heavy (non-hydrogen) atoms. The molecular formula is C52H83N11O21. The second-order valence-corrected chi connectivity index (χ2v) is 20.9. The third-order valence-electron chi connectivity index (χ3n) is 14.1. The van der Waals surface area contributed by atoms with Gasteiger partial charge in [-0.25, -0.2) is 0 Å². The molecule has 472 valence electrons. The maximum absolute atomic E-state index is 14.2. The largest absolute Gasteiger partial charge is 0.508 e. The number of aliphatic hydroxyl groups is 8. The van der Waals surface area contributed by atoms with Crippen LogP contribution in [0.5, 0.6) is 5.75 Å². The summed E-state index contributed by atoms with van der Waals surface area (Å²) < 4.78 is 5.71. The number of phenols is 1. The molecule has 1 aromatic rings. The van der Waals surface area contributed by atoms with E-state index in [-0.39, 0.29) is 17.7 Å². The highest BCUT2D eigenvalue weighted by Crippen LogP contribution is 2.31. The van der Waals surface area contributed by atoms with Crippen LogP contribution in [0.1, 0.15) is 115 Å². The Morgan fingerprint density at radius 2 is 1.05 bits per heavy atom. The molecule has 32 nitrogen and oxygen atoms in total. The topological polar surface area (TPSA) is 553 Å². The maximum atomic E-state index is 14.2. The number of nitrogens with one attached hydrogen (secondary N) is 8. The number of phenolic OH excluding ortho intramolecular Hbond substituents is 1. The van der Waals surface area contributed by atoms with Gasteiger partial charge in [0.1, 0.15) is 66.4 Å². The number of hydrogen-bond acceptors (Lipinski definition) is 21. The van der Waals surface area contributed by atoms with Gasteiger partial charge < -0.3 is 110 Å². The van der Waals surface area contributed by atoms with E-state index in [1.807, 2.05) is 5.32 Å². The van der Waals surface area contributed by atoms with Gasteiger partial charge >= 0.3 is 0 Å². The second kappa shape index (κ2) is 35.9. The number of benzene rings is 1. The van der Waals surface area contributed by atoms with E-state index < -0.39 is 214 Å². The third kappa shape index (κ3) is 23.5. The van der Waals surface area contributed by atoms with Gasteiger partial charge in [0.05, 0.1) is 63.9 Å². The molecule has 0 aromatic heterocycles. The summed E-state index contributed by atoms with van der Waals surface area (Å²) in [5.41, 5.74) is 15.9. The zero-order chi connectivity index (χ0) is 62.8. The monoisotopic (exact) mass is 1200 g/mol. The first-order valence-electron chi connectivity index (χ1n) is 27.6. The SMILES string of the molecule is CCCCCCCCCCC[C@@H]([C@@H](O)[C@H](O)CC1CC(=O)N[C@H](CO)C(=O)NC(C(O)c2ccc(O)cc2)C(=O)N[C@H](CC(N)=O)C(=O)NCC(=O)NC(CC(N)=O)C(=O)N[C@@H](CO)C(=O)NC(CC(N)=O)C(=O)N1)[C@@H]1OC[C@@H](O)[C@H](O)[C@H]1O. The Labute approximate surface area is 483 Å². The highest BCUT2D eigenvalue weighted by molar-refractivity contribution is 5.99. The molecule has 32 heteroatoms. The number of aliphatic hydroxyl groups excluding tert-OH is 8. The smallest absolute Gasteiger partial charge is 0.246 e. The van der Waals surface area contributed by atoms with Crippen LogP contribution in [0.2, 0.25) is 0 Å². The van der Waals surface area contributed by atoms with E-state index in [2.05, 4.69) is 44.1 Å². The molecule has 0 radical (unpaired) electrons. The predicted octanol–water partition coefficient (Wildman–Crippen LogP) is -7.92. The van der Waals surface area contributed by atoms with Crippen molar-refractivity contribution in [3.05, 3.63) is 29.8 Å². The molecule has 0 aliphatic carbocycles. The summed E-state index contributed by atoms with van der Waals surface area (Å²) >= 11 is 0. The summed E-state index contributed by atoms with van der Waals surface area (Å²) in [6.45, 7) is -1.96. The van der Waals surface area contributed by atoms with Crippen molar-refractivity contribution in [2.45, 2.75) is 188 Å². The molecule has 2 fully saturated rings. The molecule has 3 rings (SSSR count). The van der Waals surface area contributed by atoms with Crippen molar-refractivity contribution >= 4 is 65.0 Å². The van der Waals surface area contributed by atoms with Gasteiger partial charge in [-0.15, -0.1) is 0 Å². The zero-order valence-corrected chi connectivity index (χ0v) is 46.6. The van der Waals surface area contributed by atoms with Gasteiger partial charge in [0.2, 0.25) is 65.0 Å². The molecular weight excluding hydrogens is 1110 g/mol. The summed E-state index contributed by atoms with van der Waals surface area (Å²) in [4.78, 5) is 147. The van der Waals surface area contributed by atoms with E-state index in [9.17, 15) is 98.7 Å². The molecule has 0 saturated carbocycles. The summed E-state index contributed by atoms with van der Waals surface area (Å²) in [6.07, 6.45) is -9.16. The van der Waals surface area contributed by atoms with E-state index >= 15 is 0 Å². The normalized spacial score (nSPS) is 27.2. The molecule has 11 amide bonds. The van der Waals surface area contributed by atoms with Crippen LogP contribution in [0, 0.1) is 5.92 Å². The molecule has 1 aromatic carbocycles. The predicted molar refractivity (Wildman–Crippen MR) is 290 cm³/mol. The number of aromatic hydroxyl groups is 1. The average Bonchev–Trinajstić information content (AvgIpc) is 3.64. The van der Waals surface area contributed by atoms with Crippen molar-refractivity contribution in [2.24, 2.45) is 23.1 Å². The van der Waals surface area contributed by atoms with Crippen LogP contribution in [-0.4, -0.2) is 216 Å². The molecule has 2 heterocycles. The highest BCUT2D eigenvalue weighted by Gasteiger charge is 2.46. The van der Waals surface area contributed by atoms with E-state index in [4.69, 9.17) is 21.9 Å². The Hall–Kier alpha value is -7.17. The first-order valence-corrected chi connectivity index (χ1v) is 27.6. The average molecular weight is 1200 g/mol. The molecule has 2 aliphatic heterocycles. The standard InChI is InChI=1S/C52H83N11O21/c1-2-3-4-5-6-7-8-9-10-11-28(46-45(77)44(76)35(68)24-84-46)43(75)34(67)16-26-17-39(72)59-32(22-64)51(82)63-41(42(74)25-12-14-27(66)15-13-25)52(83)61-29(18-36(53)69)47(78)56-21-40(73)58-30(19-37(54)70)49(80)62-33(23-65)50(81)60-31(20-38(55)71)48(79)57-26/h12-15,26,28-35,41-46,64-68,74-77H,2-11,16-24H2,1H3,(H2,53,69)(H2,54,70)(H2,55,71)(H,56,78)(H,57,79)(H,58,73)(H,59,72)(H,60,81)(H,61,83)(H,62,80)(H,63,82)/t26?,28-,29+,30?,31?,32+,33-,34+,35+,41?,42?,43+,44-,45+,46-/m0/s1. The quantitative estimate of drug-likeness (QED) is 0.0404. The van der Waals surface area contributed by atoms with Gasteiger partial charge in [-0.2, -0.15) is 0 Å². The van der Waals surface area contributed by atoms with E-state index in [1.54, 1.807) is 0 Å². The first kappa shape index (κ1) is 71.1. The van der Waals surface area contributed by atoms with Gasteiger partial charge in [-0.3, -0.25) is 52.7 Å². The summed E-state index contributed by atoms with van der Waals surface area (Å²) in [5, 5.41) is 115. The van der Waals surface area contributed by atoms with Gasteiger partial charge in [0.15, 0.2) is 0 Å². The van der Waals surface area contributed by atoms with E-state index in [0.29, 0.717) is 12.8 Å². The number of rotatable bonds is 25. The lowest BCUT2D eigenvalue weighted by molar-refractivity contribution is -0.215. The summed E-state index contributed by atoms with van der Waals surface area (Å²) in [5.74, 6) is -15.9. The number of amides is 11. The number of unbranched alkanes of at least 4 members (excludes halogenated alkanes) is 8. The number of carbonyl (C=O) groups excluding carboxylic acids is 11. The lowest BCUT2D eigenvalue weighted by Gasteiger charge is -2.42. The van der Waals surface area contributed by atoms with Crippen molar-refractivity contribution in [1.82, 2.24) is 42.5 Å². The Kier molecular flexibility index (Phi) is 30.3. The lowest BCUT2D eigenvalue weighted by atomic mass is 9.80. The highest BCUT2D eigenvalue weighted by atomic mass is 16.5. The Bertz CT molecular complexity index is 2390. The molecule has 5 unspecified atom stereocenters. The number of nitrogens with two attached hydrogens (primary N) is 3. The number of primary amides is 3. The van der Waals surface area contributed by atoms with Crippen LogP contribution in [0.4, 0.5) is 0 Å². The summed E-state index contributed by atoms with van der Waals surface area (Å²) in [7, 11) is 0. The fourth-order valence-electron chi connectivity index (χ4n) is 9.48. The molecule has 2 saturated heterocycles. The van der Waals surface area contributed by atoms with Gasteiger partial charge in [0, 0.05) is 18.4 Å². The van der Waals surface area contributed by atoms with E-state index in [0.717, 1.165) is 69.2 Å². The lowest BCUT2D eigenvalue weighted by Crippen LogP contribution is -2.60. The van der Waals surface area contributed by atoms with Crippen LogP contribution in [-0.2, 0) is 57.5 Å². The minimum atomic E-state index is -2.20. The number of carbonyl (C=O) groups is 11. The van der Waals surface area contributed by atoms with Gasteiger partial charge in [0.25, 0.3) is 0 Å². The third-order valence-corrected chi connectivity index (χ3v) is 14.1. The Morgan fingerprint density at radius 3 is 1.61 bits per heavy atom. The van der Waals surface area contributed by atoms with Crippen molar-refractivity contribution < 1.29 is 103 Å². The van der Waals surface area contributed by atoms with Crippen molar-refractivity contribution in [2.75, 3.05) is 26.4 Å². The second-order valence-electron chi connectivity index (χ2n) is 20.9. The van der Waals surface area contributed by atoms with Crippen LogP contribution in [0.25, 0.3) is 0 Å². The zero-order valence-electron chi connectivity index (χ0n) is 46.6. The van der Waals surface area contributed by atoms with Crippen LogP contribution < -0.4 is 59.7 Å². The minimum absolute atomic E-state index is 0.0633.